The lowest BCUT2D eigenvalue weighted by Gasteiger charge is -2.31. The minimum Gasteiger partial charge on any atom is -0.393 e. The van der Waals surface area contributed by atoms with Crippen molar-refractivity contribution in [2.75, 3.05) is 26.8 Å². The SMILES string of the molecule is CN(Cc1ccccc1)CC1COCCC1O. The van der Waals surface area contributed by atoms with Gasteiger partial charge in [0.1, 0.15) is 0 Å². The normalized spacial score (nSPS) is 25.1. The minimum atomic E-state index is -0.207. The highest BCUT2D eigenvalue weighted by atomic mass is 16.5. The van der Waals surface area contributed by atoms with Gasteiger partial charge in [-0.2, -0.15) is 0 Å². The molecular formula is C14H21NO2. The molecule has 0 saturated carbocycles. The zero-order chi connectivity index (χ0) is 12.1. The second-order valence-electron chi connectivity index (χ2n) is 4.87. The molecule has 2 unspecified atom stereocenters. The molecule has 94 valence electrons. The Morgan fingerprint density at radius 3 is 2.82 bits per heavy atom. The number of rotatable bonds is 4. The third-order valence-corrected chi connectivity index (χ3v) is 3.28. The van der Waals surface area contributed by atoms with Gasteiger partial charge in [-0.1, -0.05) is 30.3 Å². The first-order chi connectivity index (χ1) is 8.25. The lowest BCUT2D eigenvalue weighted by Crippen LogP contribution is -2.39. The monoisotopic (exact) mass is 235 g/mol. The highest BCUT2D eigenvalue weighted by Crippen LogP contribution is 2.16. The lowest BCUT2D eigenvalue weighted by atomic mass is 9.98. The van der Waals surface area contributed by atoms with E-state index in [1.165, 1.54) is 5.56 Å². The second-order valence-corrected chi connectivity index (χ2v) is 4.87. The van der Waals surface area contributed by atoms with Crippen LogP contribution in [0.2, 0.25) is 0 Å². The molecular weight excluding hydrogens is 214 g/mol. The molecule has 2 rings (SSSR count). The van der Waals surface area contributed by atoms with E-state index in [9.17, 15) is 5.11 Å². The van der Waals surface area contributed by atoms with Crippen LogP contribution in [-0.2, 0) is 11.3 Å². The molecule has 0 bridgehead atoms. The van der Waals surface area contributed by atoms with E-state index in [-0.39, 0.29) is 12.0 Å². The average Bonchev–Trinajstić information content (AvgIpc) is 2.33. The first-order valence-corrected chi connectivity index (χ1v) is 6.24. The first-order valence-electron chi connectivity index (χ1n) is 6.24. The molecule has 0 amide bonds. The number of aliphatic hydroxyl groups is 1. The first kappa shape index (κ1) is 12.6. The fourth-order valence-electron chi connectivity index (χ4n) is 2.32. The number of nitrogens with zero attached hydrogens (tertiary/aromatic N) is 1. The maximum atomic E-state index is 9.88. The van der Waals surface area contributed by atoms with E-state index in [0.29, 0.717) is 13.2 Å². The molecule has 2 atom stereocenters. The van der Waals surface area contributed by atoms with Gasteiger partial charge in [0.2, 0.25) is 0 Å². The summed E-state index contributed by atoms with van der Waals surface area (Å²) in [5.74, 6) is 0.248. The predicted molar refractivity (Wildman–Crippen MR) is 67.7 cm³/mol. The smallest absolute Gasteiger partial charge is 0.0624 e. The van der Waals surface area contributed by atoms with Gasteiger partial charge in [-0.3, -0.25) is 0 Å². The highest BCUT2D eigenvalue weighted by Gasteiger charge is 2.24. The molecule has 1 saturated heterocycles. The maximum absolute atomic E-state index is 9.88. The lowest BCUT2D eigenvalue weighted by molar-refractivity contribution is -0.0451. The van der Waals surface area contributed by atoms with Crippen LogP contribution in [0.4, 0.5) is 0 Å². The van der Waals surface area contributed by atoms with Gasteiger partial charge in [0, 0.05) is 25.6 Å². The van der Waals surface area contributed by atoms with Crippen LogP contribution in [0.5, 0.6) is 0 Å². The van der Waals surface area contributed by atoms with E-state index in [1.54, 1.807) is 0 Å². The largest absolute Gasteiger partial charge is 0.393 e. The van der Waals surface area contributed by atoms with Gasteiger partial charge in [0.05, 0.1) is 12.7 Å². The number of hydrogen-bond donors (Lipinski definition) is 1. The van der Waals surface area contributed by atoms with Crippen LogP contribution in [-0.4, -0.2) is 42.9 Å². The second kappa shape index (κ2) is 6.15. The summed E-state index contributed by atoms with van der Waals surface area (Å²) in [5, 5.41) is 9.88. The molecule has 0 aliphatic carbocycles. The van der Waals surface area contributed by atoms with Crippen molar-refractivity contribution >= 4 is 0 Å². The number of ether oxygens (including phenoxy) is 1. The summed E-state index contributed by atoms with van der Waals surface area (Å²) in [6, 6.07) is 10.4. The van der Waals surface area contributed by atoms with E-state index >= 15 is 0 Å². The topological polar surface area (TPSA) is 32.7 Å². The van der Waals surface area contributed by atoms with Crippen LogP contribution >= 0.6 is 0 Å². The molecule has 1 aromatic carbocycles. The van der Waals surface area contributed by atoms with E-state index in [0.717, 1.165) is 19.5 Å². The molecule has 1 N–H and O–H groups in total. The van der Waals surface area contributed by atoms with Gasteiger partial charge < -0.3 is 14.7 Å². The summed E-state index contributed by atoms with van der Waals surface area (Å²) < 4.78 is 5.42. The van der Waals surface area contributed by atoms with Crippen molar-refractivity contribution in [3.05, 3.63) is 35.9 Å². The summed E-state index contributed by atoms with van der Waals surface area (Å²) in [5.41, 5.74) is 1.31. The van der Waals surface area contributed by atoms with Crippen LogP contribution in [0, 0.1) is 5.92 Å². The van der Waals surface area contributed by atoms with Crippen molar-refractivity contribution in [1.29, 1.82) is 0 Å². The van der Waals surface area contributed by atoms with Gasteiger partial charge in [-0.25, -0.2) is 0 Å². The Morgan fingerprint density at radius 1 is 1.35 bits per heavy atom. The number of hydrogen-bond acceptors (Lipinski definition) is 3. The molecule has 1 fully saturated rings. The van der Waals surface area contributed by atoms with Gasteiger partial charge in [-0.15, -0.1) is 0 Å². The molecule has 1 heterocycles. The van der Waals surface area contributed by atoms with Crippen molar-refractivity contribution in [1.82, 2.24) is 4.90 Å². The summed E-state index contributed by atoms with van der Waals surface area (Å²) in [4.78, 5) is 2.25. The molecule has 17 heavy (non-hydrogen) atoms. The zero-order valence-corrected chi connectivity index (χ0v) is 10.4. The van der Waals surface area contributed by atoms with E-state index in [1.807, 2.05) is 6.07 Å². The van der Waals surface area contributed by atoms with Gasteiger partial charge in [0.15, 0.2) is 0 Å². The Morgan fingerprint density at radius 2 is 2.12 bits per heavy atom. The molecule has 1 aliphatic heterocycles. The van der Waals surface area contributed by atoms with E-state index < -0.39 is 0 Å². The number of aliphatic hydroxyl groups excluding tert-OH is 1. The Labute approximate surface area is 103 Å². The summed E-state index contributed by atoms with van der Waals surface area (Å²) in [6.07, 6.45) is 0.561. The predicted octanol–water partition coefficient (Wildman–Crippen LogP) is 1.52. The van der Waals surface area contributed by atoms with Crippen molar-refractivity contribution in [3.8, 4) is 0 Å². The Bertz CT molecular complexity index is 328. The van der Waals surface area contributed by atoms with E-state index in [2.05, 4.69) is 36.2 Å². The maximum Gasteiger partial charge on any atom is 0.0624 e. The van der Waals surface area contributed by atoms with Crippen LogP contribution in [0.25, 0.3) is 0 Å². The van der Waals surface area contributed by atoms with Gasteiger partial charge in [-0.05, 0) is 19.0 Å². The molecule has 3 heteroatoms. The van der Waals surface area contributed by atoms with Crippen LogP contribution < -0.4 is 0 Å². The quantitative estimate of drug-likeness (QED) is 0.859. The average molecular weight is 235 g/mol. The molecule has 0 radical (unpaired) electrons. The Kier molecular flexibility index (Phi) is 4.54. The molecule has 3 nitrogen and oxygen atoms in total. The fraction of sp³-hybridized carbons (Fsp3) is 0.571. The third-order valence-electron chi connectivity index (χ3n) is 3.28. The standard InChI is InChI=1S/C14H21NO2/c1-15(9-12-5-3-2-4-6-12)10-13-11-17-8-7-14(13)16/h2-6,13-14,16H,7-11H2,1H3. The molecule has 0 spiro atoms. The van der Waals surface area contributed by atoms with Crippen LogP contribution in [0.15, 0.2) is 30.3 Å². The summed E-state index contributed by atoms with van der Waals surface area (Å²) in [7, 11) is 2.09. The van der Waals surface area contributed by atoms with Crippen molar-refractivity contribution in [2.24, 2.45) is 5.92 Å². The zero-order valence-electron chi connectivity index (χ0n) is 10.4. The Balaban J connectivity index is 1.82. The van der Waals surface area contributed by atoms with Crippen LogP contribution in [0.3, 0.4) is 0 Å². The summed E-state index contributed by atoms with van der Waals surface area (Å²) >= 11 is 0. The van der Waals surface area contributed by atoms with Gasteiger partial charge in [0.25, 0.3) is 0 Å². The van der Waals surface area contributed by atoms with Crippen molar-refractivity contribution in [3.63, 3.8) is 0 Å². The highest BCUT2D eigenvalue weighted by molar-refractivity contribution is 5.14. The third kappa shape index (κ3) is 3.80. The van der Waals surface area contributed by atoms with Crippen molar-refractivity contribution in [2.45, 2.75) is 19.1 Å². The molecule has 1 aromatic rings. The Hall–Kier alpha value is -0.900. The molecule has 1 aliphatic rings. The summed E-state index contributed by atoms with van der Waals surface area (Å²) in [6.45, 7) is 3.18. The molecule has 0 aromatic heterocycles. The van der Waals surface area contributed by atoms with Crippen molar-refractivity contribution < 1.29 is 9.84 Å². The fourth-order valence-corrected chi connectivity index (χ4v) is 2.32. The van der Waals surface area contributed by atoms with E-state index in [4.69, 9.17) is 4.74 Å². The minimum absolute atomic E-state index is 0.207. The van der Waals surface area contributed by atoms with Crippen LogP contribution in [0.1, 0.15) is 12.0 Å². The van der Waals surface area contributed by atoms with Gasteiger partial charge >= 0.3 is 0 Å². The number of benzene rings is 1.